The van der Waals surface area contributed by atoms with Crippen molar-refractivity contribution in [2.45, 2.75) is 19.3 Å². The average molecular weight is 921 g/mol. The highest BCUT2D eigenvalue weighted by Gasteiger charge is 2.34. The molecule has 13 aromatic rings. The summed E-state index contributed by atoms with van der Waals surface area (Å²) in [7, 11) is 0. The summed E-state index contributed by atoms with van der Waals surface area (Å²) in [6.07, 6.45) is 10.1. The van der Waals surface area contributed by atoms with Gasteiger partial charge in [-0.05, 0) is 85.5 Å². The molecule has 0 spiro atoms. The van der Waals surface area contributed by atoms with E-state index in [1.165, 1.54) is 71.0 Å². The van der Waals surface area contributed by atoms with Crippen LogP contribution in [0.25, 0.3) is 110 Å². The first-order valence-electron chi connectivity index (χ1n) is 25.2. The molecule has 0 saturated heterocycles. The lowest BCUT2D eigenvalue weighted by atomic mass is 9.81. The van der Waals surface area contributed by atoms with Crippen molar-refractivity contribution in [3.05, 3.63) is 241 Å². The normalized spacial score (nSPS) is 15.9. The molecule has 338 valence electrons. The molecule has 4 aromatic heterocycles. The number of para-hydroxylation sites is 8. The molecule has 1 unspecified atom stereocenters. The molecular weight excluding hydrogens is 877 g/mol. The van der Waals surface area contributed by atoms with Crippen LogP contribution in [0.5, 0.6) is 0 Å². The maximum Gasteiger partial charge on any atom is 0.235 e. The zero-order valence-corrected chi connectivity index (χ0v) is 39.2. The molecule has 0 amide bonds. The van der Waals surface area contributed by atoms with Gasteiger partial charge in [0.15, 0.2) is 0 Å². The number of fused-ring (bicyclic) bond motifs is 19. The molecule has 72 heavy (non-hydrogen) atoms. The minimum absolute atomic E-state index is 0.126. The Morgan fingerprint density at radius 2 is 0.833 bits per heavy atom. The van der Waals surface area contributed by atoms with Crippen LogP contribution in [0.1, 0.15) is 30.4 Å². The highest BCUT2D eigenvalue weighted by Crippen LogP contribution is 2.47. The number of aromatic nitrogens is 4. The molecule has 6 heterocycles. The van der Waals surface area contributed by atoms with Crippen LogP contribution in [0.3, 0.4) is 0 Å². The molecular formula is C66H44N6. The molecule has 2 bridgehead atoms. The number of aliphatic imine (C=N–C) groups is 2. The van der Waals surface area contributed by atoms with Gasteiger partial charge in [0.1, 0.15) is 0 Å². The Hall–Kier alpha value is -9.26. The predicted molar refractivity (Wildman–Crippen MR) is 301 cm³/mol. The molecule has 1 aliphatic carbocycles. The number of benzene rings is 9. The largest absolute Gasteiger partial charge is 0.309 e. The van der Waals surface area contributed by atoms with Crippen LogP contribution in [-0.2, 0) is 0 Å². The van der Waals surface area contributed by atoms with Gasteiger partial charge in [-0.1, -0.05) is 164 Å². The van der Waals surface area contributed by atoms with Crippen LogP contribution in [0.15, 0.2) is 240 Å². The third-order valence-corrected chi connectivity index (χ3v) is 15.7. The quantitative estimate of drug-likeness (QED) is 0.169. The van der Waals surface area contributed by atoms with Crippen molar-refractivity contribution in [3.8, 4) is 11.4 Å². The van der Waals surface area contributed by atoms with Crippen molar-refractivity contribution in [3.63, 3.8) is 0 Å². The summed E-state index contributed by atoms with van der Waals surface area (Å²) >= 11 is 0. The van der Waals surface area contributed by atoms with Crippen LogP contribution in [0.4, 0.5) is 0 Å². The summed E-state index contributed by atoms with van der Waals surface area (Å²) in [5.41, 5.74) is 18.1. The molecule has 6 nitrogen and oxygen atoms in total. The van der Waals surface area contributed by atoms with E-state index in [9.17, 15) is 0 Å². The van der Waals surface area contributed by atoms with Crippen molar-refractivity contribution in [2.75, 3.05) is 0 Å². The van der Waals surface area contributed by atoms with Crippen LogP contribution in [0.2, 0.25) is 0 Å². The van der Waals surface area contributed by atoms with Crippen molar-refractivity contribution in [2.24, 2.45) is 15.9 Å². The van der Waals surface area contributed by atoms with E-state index in [1.54, 1.807) is 0 Å². The third-order valence-electron chi connectivity index (χ3n) is 15.7. The molecule has 1 atom stereocenters. The summed E-state index contributed by atoms with van der Waals surface area (Å²) in [6, 6.07) is 75.3. The van der Waals surface area contributed by atoms with Crippen LogP contribution in [-0.4, -0.2) is 29.9 Å². The minimum atomic E-state index is -0.126. The van der Waals surface area contributed by atoms with Gasteiger partial charge in [-0.25, -0.2) is 9.98 Å². The van der Waals surface area contributed by atoms with Crippen molar-refractivity contribution in [1.29, 1.82) is 0 Å². The van der Waals surface area contributed by atoms with Crippen LogP contribution < -0.4 is 0 Å². The van der Waals surface area contributed by atoms with E-state index in [-0.39, 0.29) is 5.92 Å². The number of hydrogen-bond acceptors (Lipinski definition) is 2. The Morgan fingerprint density at radius 1 is 0.347 bits per heavy atom. The topological polar surface area (TPSA) is 44.4 Å². The Kier molecular flexibility index (Phi) is 8.31. The van der Waals surface area contributed by atoms with Crippen molar-refractivity contribution < 1.29 is 0 Å². The smallest absolute Gasteiger partial charge is 0.235 e. The number of hydrogen-bond donors (Lipinski definition) is 0. The van der Waals surface area contributed by atoms with E-state index >= 15 is 0 Å². The number of rotatable bonds is 3. The van der Waals surface area contributed by atoms with Crippen molar-refractivity contribution in [1.82, 2.24) is 18.3 Å². The first-order chi connectivity index (χ1) is 35.8. The SMILES string of the molecule is C1=C2N=C(n3c4ccccc4c4c5c6ccccc6n(-c6ccccc6)c5ccc43)N=C(c3cccc4c5ccccc5n(-c5ccccc5)c34)C(C1)C1=CCCC=C1n1c3ccccc3c3cccc2c31. The fourth-order valence-corrected chi connectivity index (χ4v) is 12.9. The van der Waals surface area contributed by atoms with Gasteiger partial charge in [0.2, 0.25) is 5.96 Å². The summed E-state index contributed by atoms with van der Waals surface area (Å²) in [4.78, 5) is 12.1. The number of allylic oxidation sites excluding steroid dienone is 5. The zero-order valence-electron chi connectivity index (χ0n) is 39.2. The van der Waals surface area contributed by atoms with E-state index in [2.05, 4.69) is 243 Å². The molecule has 16 rings (SSSR count). The van der Waals surface area contributed by atoms with Gasteiger partial charge in [0, 0.05) is 77.2 Å². The second kappa shape index (κ2) is 15.1. The van der Waals surface area contributed by atoms with E-state index in [1.807, 2.05) is 0 Å². The molecule has 0 radical (unpaired) electrons. The first-order valence-corrected chi connectivity index (χ1v) is 25.2. The lowest BCUT2D eigenvalue weighted by Crippen LogP contribution is -2.25. The van der Waals surface area contributed by atoms with Gasteiger partial charge in [0.25, 0.3) is 0 Å². The summed E-state index contributed by atoms with van der Waals surface area (Å²) in [6.45, 7) is 0. The van der Waals surface area contributed by atoms with E-state index < -0.39 is 0 Å². The molecule has 6 heteroatoms. The molecule has 2 aliphatic heterocycles. The summed E-state index contributed by atoms with van der Waals surface area (Å²) in [5, 5.41) is 9.66. The summed E-state index contributed by atoms with van der Waals surface area (Å²) in [5.74, 6) is 0.514. The van der Waals surface area contributed by atoms with E-state index in [0.29, 0.717) is 5.96 Å². The first kappa shape index (κ1) is 39.6. The van der Waals surface area contributed by atoms with Gasteiger partial charge in [-0.3, -0.25) is 4.57 Å². The third kappa shape index (κ3) is 5.43. The van der Waals surface area contributed by atoms with E-state index in [4.69, 9.17) is 9.98 Å². The summed E-state index contributed by atoms with van der Waals surface area (Å²) < 4.78 is 9.78. The van der Waals surface area contributed by atoms with Crippen LogP contribution in [0, 0.1) is 5.92 Å². The Labute approximate surface area is 414 Å². The molecule has 0 N–H and O–H groups in total. The average Bonchev–Trinajstić information content (AvgIpc) is 4.17. The van der Waals surface area contributed by atoms with Crippen LogP contribution >= 0.6 is 0 Å². The number of nitrogens with zero attached hydrogens (tertiary/aromatic N) is 6. The Morgan fingerprint density at radius 3 is 1.49 bits per heavy atom. The van der Waals surface area contributed by atoms with Gasteiger partial charge >= 0.3 is 0 Å². The monoisotopic (exact) mass is 920 g/mol. The maximum absolute atomic E-state index is 6.18. The second-order valence-electron chi connectivity index (χ2n) is 19.5. The van der Waals surface area contributed by atoms with E-state index in [0.717, 1.165) is 80.6 Å². The van der Waals surface area contributed by atoms with Gasteiger partial charge in [-0.2, -0.15) is 0 Å². The standard InChI is InChI=1S/C66H44N6/c1-3-19-41(20-4-1)69-57-35-15-10-26-50(57)61-59(69)39-40-60-62(61)51-27-11-16-36-58(51)72(60)66-67-53-38-37-46(43-23-7-13-33-55(43)71-56-34-14-9-25-45(56)47-28-17-30-49(53)64(47)71)63(68-66)52-31-18-29-48-44-24-8-12-32-54(44)70(65(48)52)42-21-5-2-6-22-42/h1-6,8-12,14-36,38-40,46H,7,13,37H2. The highest BCUT2D eigenvalue weighted by molar-refractivity contribution is 6.31. The Bertz CT molecular complexity index is 4640. The van der Waals surface area contributed by atoms with Gasteiger partial charge in [0.05, 0.1) is 55.5 Å². The minimum Gasteiger partial charge on any atom is -0.309 e. The Balaban J connectivity index is 1.07. The second-order valence-corrected chi connectivity index (χ2v) is 19.5. The molecule has 0 fully saturated rings. The molecule has 3 aliphatic rings. The molecule has 0 saturated carbocycles. The molecule has 9 aromatic carbocycles. The fourth-order valence-electron chi connectivity index (χ4n) is 12.9. The zero-order chi connectivity index (χ0) is 47.0. The lowest BCUT2D eigenvalue weighted by Gasteiger charge is -2.28. The van der Waals surface area contributed by atoms with Gasteiger partial charge < -0.3 is 13.7 Å². The van der Waals surface area contributed by atoms with Gasteiger partial charge in [-0.15, -0.1) is 0 Å². The van der Waals surface area contributed by atoms with Crippen molar-refractivity contribution >= 4 is 110 Å². The maximum atomic E-state index is 6.18. The lowest BCUT2D eigenvalue weighted by molar-refractivity contribution is 0.813. The highest BCUT2D eigenvalue weighted by atomic mass is 15.2. The predicted octanol–water partition coefficient (Wildman–Crippen LogP) is 16.4. The fraction of sp³-hybridized carbons (Fsp3) is 0.0606.